The minimum Gasteiger partial charge on any atom is -0.481 e. The van der Waals surface area contributed by atoms with Crippen molar-refractivity contribution >= 4 is 11.9 Å². The van der Waals surface area contributed by atoms with Crippen molar-refractivity contribution in [2.75, 3.05) is 0 Å². The van der Waals surface area contributed by atoms with Crippen molar-refractivity contribution in [3.63, 3.8) is 0 Å². The van der Waals surface area contributed by atoms with Crippen molar-refractivity contribution in [2.45, 2.75) is 58.8 Å². The minimum absolute atomic E-state index is 0.216. The van der Waals surface area contributed by atoms with Crippen LogP contribution < -0.4 is 0 Å². The Hall–Kier alpha value is -1.06. The summed E-state index contributed by atoms with van der Waals surface area (Å²) in [5.74, 6) is -0.850. The van der Waals surface area contributed by atoms with Crippen LogP contribution >= 0.6 is 0 Å². The number of carbonyl (C=O) groups is 2. The maximum atomic E-state index is 10.6. The smallest absolute Gasteiger partial charge is 0.303 e. The maximum Gasteiger partial charge on any atom is 0.303 e. The molecule has 0 aromatic rings. The fraction of sp³-hybridized carbons (Fsp3) is 0.846. The normalized spacial score (nSPS) is 14.2. The van der Waals surface area contributed by atoms with E-state index in [9.17, 15) is 9.59 Å². The van der Waals surface area contributed by atoms with Crippen LogP contribution in [0.3, 0.4) is 0 Å². The number of rotatable bonds is 10. The molecule has 2 N–H and O–H groups in total. The Balaban J connectivity index is 3.93. The zero-order valence-electron chi connectivity index (χ0n) is 10.8. The van der Waals surface area contributed by atoms with E-state index >= 15 is 0 Å². The summed E-state index contributed by atoms with van der Waals surface area (Å²) in [6.07, 6.45) is 4.82. The van der Waals surface area contributed by atoms with Gasteiger partial charge in [0.1, 0.15) is 0 Å². The summed E-state index contributed by atoms with van der Waals surface area (Å²) in [6.45, 7) is 4.07. The summed E-state index contributed by atoms with van der Waals surface area (Å²) in [6, 6.07) is 0. The van der Waals surface area contributed by atoms with Gasteiger partial charge in [-0.3, -0.25) is 9.59 Å². The molecule has 0 fully saturated rings. The SMILES string of the molecule is CCC(CCC(=O)O)CCC(CC)CC(=O)O. The maximum absolute atomic E-state index is 10.6. The summed E-state index contributed by atoms with van der Waals surface area (Å²) in [5.41, 5.74) is 0. The van der Waals surface area contributed by atoms with Gasteiger partial charge < -0.3 is 10.2 Å². The Morgan fingerprint density at radius 1 is 0.882 bits per heavy atom. The third-order valence-electron chi connectivity index (χ3n) is 3.37. The number of hydrogen-bond acceptors (Lipinski definition) is 2. The molecule has 0 spiro atoms. The van der Waals surface area contributed by atoms with Crippen molar-refractivity contribution in [1.29, 1.82) is 0 Å². The van der Waals surface area contributed by atoms with Crippen molar-refractivity contribution in [3.8, 4) is 0 Å². The molecule has 4 heteroatoms. The van der Waals surface area contributed by atoms with E-state index in [1.165, 1.54) is 0 Å². The van der Waals surface area contributed by atoms with Crippen LogP contribution in [0.25, 0.3) is 0 Å². The zero-order valence-corrected chi connectivity index (χ0v) is 10.8. The van der Waals surface area contributed by atoms with Crippen LogP contribution in [-0.4, -0.2) is 22.2 Å². The summed E-state index contributed by atoms with van der Waals surface area (Å²) in [5, 5.41) is 17.4. The van der Waals surface area contributed by atoms with Crippen molar-refractivity contribution in [3.05, 3.63) is 0 Å². The molecule has 0 aliphatic heterocycles. The topological polar surface area (TPSA) is 74.6 Å². The largest absolute Gasteiger partial charge is 0.481 e. The lowest BCUT2D eigenvalue weighted by Crippen LogP contribution is -2.10. The van der Waals surface area contributed by atoms with E-state index in [1.807, 2.05) is 6.92 Å². The predicted molar refractivity (Wildman–Crippen MR) is 65.9 cm³/mol. The quantitative estimate of drug-likeness (QED) is 0.619. The van der Waals surface area contributed by atoms with Crippen LogP contribution in [0.15, 0.2) is 0 Å². The lowest BCUT2D eigenvalue weighted by molar-refractivity contribution is -0.138. The van der Waals surface area contributed by atoms with Crippen molar-refractivity contribution in [2.24, 2.45) is 11.8 Å². The molecule has 0 saturated heterocycles. The van der Waals surface area contributed by atoms with E-state index in [1.54, 1.807) is 0 Å². The first-order chi connectivity index (χ1) is 7.99. The van der Waals surface area contributed by atoms with Gasteiger partial charge in [-0.05, 0) is 24.7 Å². The van der Waals surface area contributed by atoms with Gasteiger partial charge in [-0.25, -0.2) is 0 Å². The fourth-order valence-corrected chi connectivity index (χ4v) is 2.05. The average molecular weight is 244 g/mol. The highest BCUT2D eigenvalue weighted by atomic mass is 16.4. The first-order valence-corrected chi connectivity index (χ1v) is 6.43. The second kappa shape index (κ2) is 9.02. The molecule has 4 nitrogen and oxygen atoms in total. The van der Waals surface area contributed by atoms with Crippen LogP contribution in [0.1, 0.15) is 58.8 Å². The van der Waals surface area contributed by atoms with Crippen molar-refractivity contribution in [1.82, 2.24) is 0 Å². The Morgan fingerprint density at radius 2 is 1.41 bits per heavy atom. The average Bonchev–Trinajstić information content (AvgIpc) is 2.26. The van der Waals surface area contributed by atoms with E-state index in [0.717, 1.165) is 25.7 Å². The molecule has 2 unspecified atom stereocenters. The van der Waals surface area contributed by atoms with Crippen LogP contribution in [0.4, 0.5) is 0 Å². The van der Waals surface area contributed by atoms with E-state index in [2.05, 4.69) is 6.92 Å². The van der Waals surface area contributed by atoms with Crippen molar-refractivity contribution < 1.29 is 19.8 Å². The highest BCUT2D eigenvalue weighted by Gasteiger charge is 2.15. The minimum atomic E-state index is -0.749. The highest BCUT2D eigenvalue weighted by molar-refractivity contribution is 5.67. The molecule has 17 heavy (non-hydrogen) atoms. The van der Waals surface area contributed by atoms with E-state index in [0.29, 0.717) is 12.3 Å². The van der Waals surface area contributed by atoms with E-state index < -0.39 is 11.9 Å². The molecule has 0 aromatic heterocycles. The summed E-state index contributed by atoms with van der Waals surface area (Å²) in [4.78, 5) is 21.1. The first-order valence-electron chi connectivity index (χ1n) is 6.43. The molecule has 0 saturated carbocycles. The lowest BCUT2D eigenvalue weighted by atomic mass is 9.88. The van der Waals surface area contributed by atoms with Crippen LogP contribution in [0.2, 0.25) is 0 Å². The summed E-state index contributed by atoms with van der Waals surface area (Å²) < 4.78 is 0. The molecule has 0 aliphatic carbocycles. The Kier molecular flexibility index (Phi) is 8.46. The highest BCUT2D eigenvalue weighted by Crippen LogP contribution is 2.23. The standard InChI is InChI=1S/C13H24O4/c1-3-10(7-8-12(14)15)5-6-11(4-2)9-13(16)17/h10-11H,3-9H2,1-2H3,(H,14,15)(H,16,17). The molecule has 0 radical (unpaired) electrons. The number of hydrogen-bond donors (Lipinski definition) is 2. The molecule has 0 aliphatic rings. The predicted octanol–water partition coefficient (Wildman–Crippen LogP) is 3.16. The van der Waals surface area contributed by atoms with Gasteiger partial charge in [-0.2, -0.15) is 0 Å². The first kappa shape index (κ1) is 15.9. The van der Waals surface area contributed by atoms with Crippen LogP contribution in [0.5, 0.6) is 0 Å². The van der Waals surface area contributed by atoms with Gasteiger partial charge in [-0.1, -0.05) is 33.1 Å². The van der Waals surface area contributed by atoms with E-state index in [4.69, 9.17) is 10.2 Å². The van der Waals surface area contributed by atoms with Crippen LogP contribution in [0, 0.1) is 11.8 Å². The Labute approximate surface area is 103 Å². The van der Waals surface area contributed by atoms with Gasteiger partial charge in [-0.15, -0.1) is 0 Å². The molecule has 0 bridgehead atoms. The van der Waals surface area contributed by atoms with Gasteiger partial charge in [0.05, 0.1) is 0 Å². The van der Waals surface area contributed by atoms with Gasteiger partial charge in [0.25, 0.3) is 0 Å². The molecule has 0 aromatic carbocycles. The molecular formula is C13H24O4. The van der Waals surface area contributed by atoms with E-state index in [-0.39, 0.29) is 18.8 Å². The molecule has 0 amide bonds. The van der Waals surface area contributed by atoms with Gasteiger partial charge in [0.2, 0.25) is 0 Å². The second-order valence-corrected chi connectivity index (χ2v) is 4.66. The molecule has 2 atom stereocenters. The Morgan fingerprint density at radius 3 is 1.82 bits per heavy atom. The Bertz CT molecular complexity index is 238. The van der Waals surface area contributed by atoms with Gasteiger partial charge in [0.15, 0.2) is 0 Å². The molecule has 0 heterocycles. The summed E-state index contributed by atoms with van der Waals surface area (Å²) in [7, 11) is 0. The number of aliphatic carboxylic acids is 2. The molecular weight excluding hydrogens is 220 g/mol. The third kappa shape index (κ3) is 8.72. The fourth-order valence-electron chi connectivity index (χ4n) is 2.05. The second-order valence-electron chi connectivity index (χ2n) is 4.66. The molecule has 0 rings (SSSR count). The van der Waals surface area contributed by atoms with Gasteiger partial charge in [0, 0.05) is 12.8 Å². The summed E-state index contributed by atoms with van der Waals surface area (Å²) >= 11 is 0. The lowest BCUT2D eigenvalue weighted by Gasteiger charge is -2.17. The van der Waals surface area contributed by atoms with Gasteiger partial charge >= 0.3 is 11.9 Å². The molecule has 100 valence electrons. The zero-order chi connectivity index (χ0) is 13.3. The monoisotopic (exact) mass is 244 g/mol. The number of carboxylic acid groups (broad SMARTS) is 2. The number of carboxylic acids is 2. The third-order valence-corrected chi connectivity index (χ3v) is 3.37. The van der Waals surface area contributed by atoms with Crippen LogP contribution in [-0.2, 0) is 9.59 Å².